The van der Waals surface area contributed by atoms with Crippen molar-refractivity contribution in [3.8, 4) is 0 Å². The Morgan fingerprint density at radius 3 is 2.30 bits per heavy atom. The van der Waals surface area contributed by atoms with E-state index in [1.807, 2.05) is 7.05 Å². The maximum atomic E-state index is 5.54. The molecule has 0 bridgehead atoms. The van der Waals surface area contributed by atoms with Crippen molar-refractivity contribution in [2.75, 3.05) is 40.9 Å². The van der Waals surface area contributed by atoms with Crippen LogP contribution in [0.4, 0.5) is 0 Å². The summed E-state index contributed by atoms with van der Waals surface area (Å²) >= 11 is 0. The van der Waals surface area contributed by atoms with E-state index in [1.165, 1.54) is 25.7 Å². The first kappa shape index (κ1) is 21.0. The number of guanidine groups is 1. The van der Waals surface area contributed by atoms with Crippen molar-refractivity contribution in [2.45, 2.75) is 57.0 Å². The fraction of sp³-hybridized carbons (Fsp3) is 0.941. The lowest BCUT2D eigenvalue weighted by Crippen LogP contribution is -2.57. The maximum absolute atomic E-state index is 5.54. The largest absolute Gasteiger partial charge is 0.381 e. The van der Waals surface area contributed by atoms with Crippen LogP contribution in [0.15, 0.2) is 4.99 Å². The molecule has 5 nitrogen and oxygen atoms in total. The lowest BCUT2D eigenvalue weighted by Gasteiger charge is -2.43. The van der Waals surface area contributed by atoms with Crippen molar-refractivity contribution < 1.29 is 4.74 Å². The van der Waals surface area contributed by atoms with Crippen LogP contribution in [0, 0.1) is 5.92 Å². The number of aliphatic imine (C=N–C) groups is 1. The van der Waals surface area contributed by atoms with Crippen LogP contribution in [-0.2, 0) is 4.74 Å². The summed E-state index contributed by atoms with van der Waals surface area (Å²) in [5.41, 5.74) is 0.178. The Labute approximate surface area is 159 Å². The van der Waals surface area contributed by atoms with Crippen LogP contribution in [0.2, 0.25) is 0 Å². The molecule has 2 rings (SSSR count). The van der Waals surface area contributed by atoms with E-state index >= 15 is 0 Å². The monoisotopic (exact) mass is 438 g/mol. The second kappa shape index (κ2) is 10.0. The molecule has 0 radical (unpaired) electrons. The SMILES string of the molecule is CN=C(NCC1(N(C)C)CCOCC1)NC1CCC(C)CC1.I. The van der Waals surface area contributed by atoms with E-state index in [2.05, 4.69) is 41.5 Å². The summed E-state index contributed by atoms with van der Waals surface area (Å²) in [4.78, 5) is 6.77. The minimum absolute atomic E-state index is 0. The molecular weight excluding hydrogens is 403 g/mol. The fourth-order valence-corrected chi connectivity index (χ4v) is 3.57. The van der Waals surface area contributed by atoms with Crippen molar-refractivity contribution in [3.05, 3.63) is 0 Å². The molecule has 0 aromatic carbocycles. The van der Waals surface area contributed by atoms with E-state index in [0.717, 1.165) is 44.5 Å². The summed E-state index contributed by atoms with van der Waals surface area (Å²) in [6, 6.07) is 0.576. The number of likely N-dealkylation sites (N-methyl/N-ethyl adjacent to an activating group) is 1. The third kappa shape index (κ3) is 6.05. The van der Waals surface area contributed by atoms with Crippen LogP contribution >= 0.6 is 24.0 Å². The Morgan fingerprint density at radius 2 is 1.78 bits per heavy atom. The average Bonchev–Trinajstić information content (AvgIpc) is 2.54. The van der Waals surface area contributed by atoms with Crippen molar-refractivity contribution in [2.24, 2.45) is 10.9 Å². The predicted octanol–water partition coefficient (Wildman–Crippen LogP) is 2.46. The third-order valence-corrected chi connectivity index (χ3v) is 5.54. The Bertz CT molecular complexity index is 362. The molecule has 1 aliphatic heterocycles. The summed E-state index contributed by atoms with van der Waals surface area (Å²) in [5.74, 6) is 1.83. The Balaban J connectivity index is 0.00000264. The second-order valence-electron chi connectivity index (χ2n) is 7.26. The zero-order valence-electron chi connectivity index (χ0n) is 15.2. The Kier molecular flexibility index (Phi) is 9.15. The average molecular weight is 438 g/mol. The number of hydrogen-bond acceptors (Lipinski definition) is 3. The van der Waals surface area contributed by atoms with Gasteiger partial charge < -0.3 is 20.3 Å². The van der Waals surface area contributed by atoms with Gasteiger partial charge >= 0.3 is 0 Å². The van der Waals surface area contributed by atoms with E-state index in [4.69, 9.17) is 4.74 Å². The predicted molar refractivity (Wildman–Crippen MR) is 108 cm³/mol. The van der Waals surface area contributed by atoms with Gasteiger partial charge in [0, 0.05) is 38.4 Å². The van der Waals surface area contributed by atoms with Gasteiger partial charge in [-0.05, 0) is 58.5 Å². The van der Waals surface area contributed by atoms with Gasteiger partial charge in [0.25, 0.3) is 0 Å². The Hall–Kier alpha value is -0.0800. The van der Waals surface area contributed by atoms with Crippen molar-refractivity contribution >= 4 is 29.9 Å². The summed E-state index contributed by atoms with van der Waals surface area (Å²) < 4.78 is 5.54. The normalized spacial score (nSPS) is 28.1. The van der Waals surface area contributed by atoms with E-state index in [-0.39, 0.29) is 29.5 Å². The van der Waals surface area contributed by atoms with Gasteiger partial charge in [-0.1, -0.05) is 6.92 Å². The summed E-state index contributed by atoms with van der Waals surface area (Å²) in [5, 5.41) is 7.17. The zero-order chi connectivity index (χ0) is 16.0. The smallest absolute Gasteiger partial charge is 0.191 e. The molecule has 0 spiro atoms. The van der Waals surface area contributed by atoms with Gasteiger partial charge in [-0.2, -0.15) is 0 Å². The highest BCUT2D eigenvalue weighted by Gasteiger charge is 2.35. The van der Waals surface area contributed by atoms with Gasteiger partial charge in [0.15, 0.2) is 5.96 Å². The second-order valence-corrected chi connectivity index (χ2v) is 7.26. The Morgan fingerprint density at radius 1 is 1.17 bits per heavy atom. The molecule has 1 saturated heterocycles. The van der Waals surface area contributed by atoms with Crippen molar-refractivity contribution in [1.82, 2.24) is 15.5 Å². The van der Waals surface area contributed by atoms with Crippen LogP contribution in [0.3, 0.4) is 0 Å². The fourth-order valence-electron chi connectivity index (χ4n) is 3.57. The zero-order valence-corrected chi connectivity index (χ0v) is 17.6. The molecule has 0 atom stereocenters. The molecule has 2 fully saturated rings. The summed E-state index contributed by atoms with van der Waals surface area (Å²) in [7, 11) is 6.21. The van der Waals surface area contributed by atoms with Crippen LogP contribution in [0.25, 0.3) is 0 Å². The van der Waals surface area contributed by atoms with Crippen LogP contribution < -0.4 is 10.6 Å². The molecule has 0 amide bonds. The molecule has 23 heavy (non-hydrogen) atoms. The number of hydrogen-bond donors (Lipinski definition) is 2. The molecule has 0 aromatic rings. The first-order valence-corrected chi connectivity index (χ1v) is 8.78. The molecule has 0 aromatic heterocycles. The molecule has 2 aliphatic rings. The number of nitrogens with one attached hydrogen (secondary N) is 2. The molecule has 2 N–H and O–H groups in total. The molecule has 1 heterocycles. The minimum atomic E-state index is 0. The molecule has 1 aliphatic carbocycles. The maximum Gasteiger partial charge on any atom is 0.191 e. The molecule has 0 unspecified atom stereocenters. The third-order valence-electron chi connectivity index (χ3n) is 5.54. The quantitative estimate of drug-likeness (QED) is 0.402. The summed E-state index contributed by atoms with van der Waals surface area (Å²) in [6.07, 6.45) is 7.32. The molecule has 6 heteroatoms. The van der Waals surface area contributed by atoms with Crippen LogP contribution in [0.5, 0.6) is 0 Å². The van der Waals surface area contributed by atoms with Gasteiger partial charge in [0.05, 0.1) is 0 Å². The topological polar surface area (TPSA) is 48.9 Å². The number of rotatable bonds is 4. The molecular formula is C17H35IN4O. The minimum Gasteiger partial charge on any atom is -0.381 e. The van der Waals surface area contributed by atoms with Gasteiger partial charge in [0.1, 0.15) is 0 Å². The first-order valence-electron chi connectivity index (χ1n) is 8.78. The van der Waals surface area contributed by atoms with Crippen molar-refractivity contribution in [1.29, 1.82) is 0 Å². The molecule has 1 saturated carbocycles. The van der Waals surface area contributed by atoms with Crippen LogP contribution in [0.1, 0.15) is 45.4 Å². The van der Waals surface area contributed by atoms with E-state index in [1.54, 1.807) is 0 Å². The van der Waals surface area contributed by atoms with Crippen molar-refractivity contribution in [3.63, 3.8) is 0 Å². The number of halogens is 1. The van der Waals surface area contributed by atoms with Gasteiger partial charge in [-0.15, -0.1) is 24.0 Å². The highest BCUT2D eigenvalue weighted by Crippen LogP contribution is 2.25. The summed E-state index contributed by atoms with van der Waals surface area (Å²) in [6.45, 7) is 4.99. The number of ether oxygens (including phenoxy) is 1. The molecule has 136 valence electrons. The highest BCUT2D eigenvalue weighted by molar-refractivity contribution is 14.0. The number of nitrogens with zero attached hydrogens (tertiary/aromatic N) is 2. The lowest BCUT2D eigenvalue weighted by atomic mass is 9.87. The lowest BCUT2D eigenvalue weighted by molar-refractivity contribution is -0.00503. The first-order chi connectivity index (χ1) is 10.6. The highest BCUT2D eigenvalue weighted by atomic mass is 127. The standard InChI is InChI=1S/C17H34N4O.HI/c1-14-5-7-15(8-6-14)20-16(18-2)19-13-17(21(3)4)9-11-22-12-10-17;/h14-15H,5-13H2,1-4H3,(H2,18,19,20);1H. The van der Waals surface area contributed by atoms with E-state index in [9.17, 15) is 0 Å². The van der Waals surface area contributed by atoms with Gasteiger partial charge in [-0.3, -0.25) is 4.99 Å². The van der Waals surface area contributed by atoms with Gasteiger partial charge in [-0.25, -0.2) is 0 Å². The van der Waals surface area contributed by atoms with Gasteiger partial charge in [0.2, 0.25) is 0 Å². The van der Waals surface area contributed by atoms with Crippen LogP contribution in [-0.4, -0.2) is 63.3 Å². The van der Waals surface area contributed by atoms with E-state index in [0.29, 0.717) is 6.04 Å². The van der Waals surface area contributed by atoms with E-state index < -0.39 is 0 Å².